The third kappa shape index (κ3) is 4.87. The van der Waals surface area contributed by atoms with Gasteiger partial charge in [-0.15, -0.1) is 0 Å². The number of carbonyl (C=O) groups excluding carboxylic acids is 1. The summed E-state index contributed by atoms with van der Waals surface area (Å²) in [7, 11) is -6.05. The lowest BCUT2D eigenvalue weighted by atomic mass is 9.99. The lowest BCUT2D eigenvalue weighted by molar-refractivity contribution is -0.296. The van der Waals surface area contributed by atoms with Gasteiger partial charge in [-0.3, -0.25) is 4.79 Å². The van der Waals surface area contributed by atoms with E-state index in [1.807, 2.05) is 0 Å². The number of rotatable bonds is 4. The predicted octanol–water partition coefficient (Wildman–Crippen LogP) is 2.14. The first-order valence-electron chi connectivity index (χ1n) is 5.88. The van der Waals surface area contributed by atoms with Crippen LogP contribution in [0.2, 0.25) is 0 Å². The first-order chi connectivity index (χ1) is 11.0. The molecule has 6 nitrogen and oxygen atoms in total. The number of carbonyl (C=O) groups is 1. The Hall–Kier alpha value is -1.29. The number of benzene rings is 1. The number of amides is 1. The smallest absolute Gasteiger partial charge is 0.421 e. The average molecular weight is 506 g/mol. The van der Waals surface area contributed by atoms with E-state index in [1.165, 1.54) is 0 Å². The van der Waals surface area contributed by atoms with E-state index in [0.29, 0.717) is 11.4 Å². The number of nitrogens with one attached hydrogen (secondary N) is 1. The van der Waals surface area contributed by atoms with Crippen LogP contribution in [0.15, 0.2) is 18.2 Å². The molecule has 14 heteroatoms. The molecule has 0 unspecified atom stereocenters. The van der Waals surface area contributed by atoms with Crippen LogP contribution in [0.25, 0.3) is 0 Å². The van der Waals surface area contributed by atoms with Crippen LogP contribution in [0.1, 0.15) is 10.4 Å². The van der Waals surface area contributed by atoms with Crippen molar-refractivity contribution in [2.45, 2.75) is 17.9 Å². The zero-order chi connectivity index (χ0) is 19.8. The number of phenols is 1. The second-order valence-corrected chi connectivity index (χ2v) is 7.29. The van der Waals surface area contributed by atoms with Crippen molar-refractivity contribution in [1.29, 1.82) is 0 Å². The predicted molar refractivity (Wildman–Crippen MR) is 77.7 cm³/mol. The molecule has 0 heterocycles. The first-order valence-corrected chi connectivity index (χ1v) is 8.54. The Kier molecular flexibility index (Phi) is 5.91. The highest BCUT2D eigenvalue weighted by atomic mass is 127. The standard InChI is InChI=1S/C11H8F6INO5S/c12-10(13,14)9(11(15,16)17,4-25(22,23)24)19-8(21)5-1-2-6(18)7(20)3-5/h1-3,20H,4H2,(H,19,21)(H,22,23,24)/p-1. The number of aromatic hydroxyl groups is 1. The molecule has 0 atom stereocenters. The summed E-state index contributed by atoms with van der Waals surface area (Å²) < 4.78 is 110. The van der Waals surface area contributed by atoms with Crippen LogP contribution in [0.4, 0.5) is 26.3 Å². The summed E-state index contributed by atoms with van der Waals surface area (Å²) in [5.41, 5.74) is -6.12. The first kappa shape index (κ1) is 21.8. The number of halogens is 7. The van der Waals surface area contributed by atoms with Gasteiger partial charge < -0.3 is 15.0 Å². The topological polar surface area (TPSA) is 107 Å². The van der Waals surface area contributed by atoms with E-state index >= 15 is 0 Å². The molecule has 0 aromatic heterocycles. The van der Waals surface area contributed by atoms with Gasteiger partial charge >= 0.3 is 12.4 Å². The van der Waals surface area contributed by atoms with E-state index in [0.717, 1.165) is 12.1 Å². The van der Waals surface area contributed by atoms with Crippen LogP contribution in [-0.2, 0) is 10.1 Å². The van der Waals surface area contributed by atoms with Gasteiger partial charge in [0.05, 0.1) is 19.4 Å². The molecule has 0 aliphatic rings. The van der Waals surface area contributed by atoms with E-state index in [-0.39, 0.29) is 3.57 Å². The molecule has 2 N–H and O–H groups in total. The molecule has 0 radical (unpaired) electrons. The number of alkyl halides is 6. The minimum Gasteiger partial charge on any atom is -0.748 e. The van der Waals surface area contributed by atoms with E-state index in [4.69, 9.17) is 0 Å². The van der Waals surface area contributed by atoms with E-state index in [2.05, 4.69) is 0 Å². The monoisotopic (exact) mass is 506 g/mol. The fourth-order valence-corrected chi connectivity index (χ4v) is 2.95. The summed E-state index contributed by atoms with van der Waals surface area (Å²) in [6, 6.07) is 2.42. The van der Waals surface area contributed by atoms with Crippen LogP contribution in [0.3, 0.4) is 0 Å². The summed E-state index contributed by atoms with van der Waals surface area (Å²) >= 11 is 1.57. The SMILES string of the molecule is O=C(NC(CS(=O)(=O)[O-])(C(F)(F)F)C(F)(F)F)c1ccc(I)c(O)c1. The molecule has 0 saturated heterocycles. The van der Waals surface area contributed by atoms with Gasteiger partial charge in [0, 0.05) is 5.56 Å². The summed E-state index contributed by atoms with van der Waals surface area (Å²) in [6.45, 7) is 0. The number of hydrogen-bond acceptors (Lipinski definition) is 5. The van der Waals surface area contributed by atoms with Crippen LogP contribution in [-0.4, -0.2) is 47.6 Å². The highest BCUT2D eigenvalue weighted by Crippen LogP contribution is 2.44. The molecule has 0 saturated carbocycles. The normalized spacial score (nSPS) is 13.6. The van der Waals surface area contributed by atoms with Gasteiger partial charge in [-0.1, -0.05) is 0 Å². The summed E-state index contributed by atoms with van der Waals surface area (Å²) in [5.74, 6) is -5.56. The van der Waals surface area contributed by atoms with Crippen molar-refractivity contribution in [2.75, 3.05) is 5.75 Å². The zero-order valence-corrected chi connectivity index (χ0v) is 14.5. The molecular weight excluding hydrogens is 499 g/mol. The van der Waals surface area contributed by atoms with Crippen molar-refractivity contribution in [3.05, 3.63) is 27.3 Å². The number of phenolic OH excluding ortho intramolecular Hbond substituents is 1. The largest absolute Gasteiger partial charge is 0.748 e. The van der Waals surface area contributed by atoms with Gasteiger partial charge in [0.25, 0.3) is 5.91 Å². The second kappa shape index (κ2) is 6.79. The summed E-state index contributed by atoms with van der Waals surface area (Å²) in [6.07, 6.45) is -12.7. The molecule has 0 aliphatic carbocycles. The zero-order valence-electron chi connectivity index (χ0n) is 11.6. The molecule has 0 bridgehead atoms. The van der Waals surface area contributed by atoms with Crippen LogP contribution in [0, 0.1) is 3.57 Å². The third-order valence-electron chi connectivity index (χ3n) is 2.90. The van der Waals surface area contributed by atoms with Gasteiger partial charge in [-0.2, -0.15) is 26.3 Å². The Morgan fingerprint density at radius 3 is 2.00 bits per heavy atom. The van der Waals surface area contributed by atoms with E-state index < -0.39 is 51.0 Å². The Morgan fingerprint density at radius 2 is 1.64 bits per heavy atom. The quantitative estimate of drug-likeness (QED) is 0.370. The lowest BCUT2D eigenvalue weighted by Crippen LogP contribution is -2.70. The highest BCUT2D eigenvalue weighted by Gasteiger charge is 2.72. The molecule has 0 aliphatic heterocycles. The van der Waals surface area contributed by atoms with Crippen molar-refractivity contribution in [1.82, 2.24) is 5.32 Å². The van der Waals surface area contributed by atoms with Gasteiger partial charge in [0.15, 0.2) is 0 Å². The Labute approximate surface area is 150 Å². The van der Waals surface area contributed by atoms with Crippen molar-refractivity contribution >= 4 is 38.6 Å². The Bertz CT molecular complexity index is 762. The van der Waals surface area contributed by atoms with Gasteiger partial charge in [0.1, 0.15) is 5.75 Å². The molecule has 25 heavy (non-hydrogen) atoms. The van der Waals surface area contributed by atoms with E-state index in [9.17, 15) is 49.2 Å². The highest BCUT2D eigenvalue weighted by molar-refractivity contribution is 14.1. The fourth-order valence-electron chi connectivity index (χ4n) is 1.69. The maximum absolute atomic E-state index is 13.0. The maximum atomic E-state index is 13.0. The van der Waals surface area contributed by atoms with Crippen molar-refractivity contribution in [3.8, 4) is 5.75 Å². The minimum absolute atomic E-state index is 0.147. The minimum atomic E-state index is -6.34. The maximum Gasteiger partial charge on any atom is 0.421 e. The van der Waals surface area contributed by atoms with Crippen LogP contribution in [0.5, 0.6) is 5.75 Å². The van der Waals surface area contributed by atoms with Gasteiger partial charge in [-0.05, 0) is 40.8 Å². The molecule has 0 spiro atoms. The van der Waals surface area contributed by atoms with Gasteiger partial charge in [-0.25, -0.2) is 8.42 Å². The van der Waals surface area contributed by atoms with Crippen molar-refractivity contribution in [2.24, 2.45) is 0 Å². The molecular formula is C11H7F6INO5S-. The third-order valence-corrected chi connectivity index (χ3v) is 4.60. The summed E-state index contributed by atoms with van der Waals surface area (Å²) in [4.78, 5) is 11.8. The molecule has 1 aromatic rings. The molecule has 142 valence electrons. The van der Waals surface area contributed by atoms with Crippen LogP contribution >= 0.6 is 22.6 Å². The molecule has 0 fully saturated rings. The van der Waals surface area contributed by atoms with Crippen molar-refractivity contribution in [3.63, 3.8) is 0 Å². The number of hydrogen-bond donors (Lipinski definition) is 2. The molecule has 1 amide bonds. The lowest BCUT2D eigenvalue weighted by Gasteiger charge is -2.38. The second-order valence-electron chi connectivity index (χ2n) is 4.72. The van der Waals surface area contributed by atoms with Crippen molar-refractivity contribution < 1.29 is 49.2 Å². The molecule has 1 rings (SSSR count). The molecule has 1 aromatic carbocycles. The van der Waals surface area contributed by atoms with E-state index in [1.54, 1.807) is 22.6 Å². The Balaban J connectivity index is 3.46. The summed E-state index contributed by atoms with van der Waals surface area (Å²) in [5, 5.41) is 9.92. The average Bonchev–Trinajstić information content (AvgIpc) is 2.36. The van der Waals surface area contributed by atoms with Crippen LogP contribution < -0.4 is 5.32 Å². The Morgan fingerprint density at radius 1 is 1.16 bits per heavy atom. The fraction of sp³-hybridized carbons (Fsp3) is 0.364. The van der Waals surface area contributed by atoms with Gasteiger partial charge in [0.2, 0.25) is 5.54 Å².